The Hall–Kier alpha value is -0.780. The molecular weight excluding hydrogens is 222 g/mol. The summed E-state index contributed by atoms with van der Waals surface area (Å²) < 4.78 is 0. The predicted molar refractivity (Wildman–Crippen MR) is 57.4 cm³/mol. The summed E-state index contributed by atoms with van der Waals surface area (Å²) in [5.41, 5.74) is 2.28. The molecule has 14 heavy (non-hydrogen) atoms. The average molecular weight is 232 g/mol. The number of nitrogens with zero attached hydrogens (tertiary/aromatic N) is 1. The average Bonchev–Trinajstić information content (AvgIpc) is 2.20. The molecule has 0 amide bonds. The lowest BCUT2D eigenvalue weighted by Gasteiger charge is -2.07. The molecule has 76 valence electrons. The molecule has 1 heterocycles. The van der Waals surface area contributed by atoms with Gasteiger partial charge in [0.1, 0.15) is 5.03 Å². The molecule has 0 atom stereocenters. The van der Waals surface area contributed by atoms with E-state index >= 15 is 0 Å². The van der Waals surface area contributed by atoms with Crippen LogP contribution in [0, 0.1) is 5.41 Å². The highest BCUT2D eigenvalue weighted by atomic mass is 35.5. The molecule has 3 N–H and O–H groups in total. The number of amidine groups is 1. The Labute approximate surface area is 91.2 Å². The van der Waals surface area contributed by atoms with Gasteiger partial charge in [-0.05, 0) is 11.8 Å². The second kappa shape index (κ2) is 5.19. The van der Waals surface area contributed by atoms with Crippen molar-refractivity contribution in [3.05, 3.63) is 22.8 Å². The number of hydroxylamine groups is 1. The van der Waals surface area contributed by atoms with Crippen molar-refractivity contribution >= 4 is 29.2 Å². The summed E-state index contributed by atoms with van der Waals surface area (Å²) >= 11 is 7.23. The van der Waals surface area contributed by atoms with Crippen molar-refractivity contribution < 1.29 is 5.21 Å². The van der Waals surface area contributed by atoms with Crippen LogP contribution < -0.4 is 5.48 Å². The summed E-state index contributed by atoms with van der Waals surface area (Å²) in [5, 5.41) is 17.2. The zero-order valence-electron chi connectivity index (χ0n) is 7.54. The highest BCUT2D eigenvalue weighted by molar-refractivity contribution is 7.99. The van der Waals surface area contributed by atoms with Crippen LogP contribution in [0.5, 0.6) is 0 Å². The Morgan fingerprint density at radius 3 is 3.07 bits per heavy atom. The van der Waals surface area contributed by atoms with Gasteiger partial charge >= 0.3 is 0 Å². The van der Waals surface area contributed by atoms with E-state index in [1.165, 1.54) is 18.0 Å². The van der Waals surface area contributed by atoms with Gasteiger partial charge in [-0.2, -0.15) is 0 Å². The fourth-order valence-corrected chi connectivity index (χ4v) is 1.79. The molecule has 0 saturated heterocycles. The van der Waals surface area contributed by atoms with Crippen molar-refractivity contribution in [2.45, 2.75) is 11.9 Å². The molecule has 0 saturated carbocycles. The fraction of sp³-hybridized carbons (Fsp3) is 0.250. The molecule has 1 rings (SSSR count). The van der Waals surface area contributed by atoms with Crippen LogP contribution in [0.4, 0.5) is 0 Å². The van der Waals surface area contributed by atoms with Gasteiger partial charge < -0.3 is 0 Å². The lowest BCUT2D eigenvalue weighted by Crippen LogP contribution is -2.19. The van der Waals surface area contributed by atoms with Crippen molar-refractivity contribution in [1.29, 1.82) is 5.41 Å². The highest BCUT2D eigenvalue weighted by Gasteiger charge is 2.09. The lowest BCUT2D eigenvalue weighted by atomic mass is 10.3. The van der Waals surface area contributed by atoms with Crippen LogP contribution >= 0.6 is 23.4 Å². The highest BCUT2D eigenvalue weighted by Crippen LogP contribution is 2.22. The number of hydrogen-bond acceptors (Lipinski definition) is 4. The second-order valence-corrected chi connectivity index (χ2v) is 4.12. The number of hydrogen-bond donors (Lipinski definition) is 3. The van der Waals surface area contributed by atoms with E-state index in [1.807, 2.05) is 6.92 Å². The van der Waals surface area contributed by atoms with Crippen LogP contribution in [0.15, 0.2) is 17.3 Å². The standard InChI is InChI=1S/C8H10ClN3OS/c1-2-14-8-6(7(10)12-13)3-5(9)4-11-8/h3-4,13H,2H2,1H3,(H2,10,12). The molecule has 0 spiro atoms. The van der Waals surface area contributed by atoms with Gasteiger partial charge in [0.2, 0.25) is 0 Å². The SMILES string of the molecule is CCSc1ncc(Cl)cc1C(=N)NO. The number of pyridine rings is 1. The van der Waals surface area contributed by atoms with Crippen molar-refractivity contribution in [1.82, 2.24) is 10.5 Å². The maximum absolute atomic E-state index is 8.62. The molecule has 0 aliphatic carbocycles. The zero-order chi connectivity index (χ0) is 10.6. The van der Waals surface area contributed by atoms with E-state index in [-0.39, 0.29) is 5.84 Å². The summed E-state index contributed by atoms with van der Waals surface area (Å²) in [5.74, 6) is 0.747. The molecule has 6 heteroatoms. The number of nitrogens with one attached hydrogen (secondary N) is 2. The first kappa shape index (κ1) is 11.3. The van der Waals surface area contributed by atoms with Gasteiger partial charge in [0.05, 0.1) is 10.6 Å². The molecule has 0 aromatic carbocycles. The summed E-state index contributed by atoms with van der Waals surface area (Å²) in [6, 6.07) is 1.60. The van der Waals surface area contributed by atoms with Gasteiger partial charge in [-0.15, -0.1) is 11.8 Å². The number of thioether (sulfide) groups is 1. The first-order chi connectivity index (χ1) is 6.69. The number of halogens is 1. The number of aromatic nitrogens is 1. The quantitative estimate of drug-likeness (QED) is 0.323. The Kier molecular flexibility index (Phi) is 4.19. The van der Waals surface area contributed by atoms with Crippen molar-refractivity contribution in [3.63, 3.8) is 0 Å². The van der Waals surface area contributed by atoms with Gasteiger partial charge in [-0.3, -0.25) is 16.1 Å². The summed E-state index contributed by atoms with van der Waals surface area (Å²) in [4.78, 5) is 4.08. The van der Waals surface area contributed by atoms with E-state index in [0.29, 0.717) is 15.6 Å². The Bertz CT molecular complexity index is 345. The molecule has 0 fully saturated rings. The van der Waals surface area contributed by atoms with Crippen molar-refractivity contribution in [3.8, 4) is 0 Å². The van der Waals surface area contributed by atoms with Crippen LogP contribution in [0.1, 0.15) is 12.5 Å². The van der Waals surface area contributed by atoms with Crippen LogP contribution in [0.2, 0.25) is 5.02 Å². The third-order valence-corrected chi connectivity index (χ3v) is 2.57. The predicted octanol–water partition coefficient (Wildman–Crippen LogP) is 2.15. The molecule has 1 aromatic heterocycles. The number of rotatable bonds is 3. The molecule has 0 aliphatic rings. The van der Waals surface area contributed by atoms with Crippen LogP contribution in [0.3, 0.4) is 0 Å². The van der Waals surface area contributed by atoms with Crippen molar-refractivity contribution in [2.75, 3.05) is 5.75 Å². The molecule has 0 bridgehead atoms. The third-order valence-electron chi connectivity index (χ3n) is 1.48. The van der Waals surface area contributed by atoms with Crippen LogP contribution in [-0.2, 0) is 0 Å². The van der Waals surface area contributed by atoms with Crippen molar-refractivity contribution in [2.24, 2.45) is 0 Å². The van der Waals surface area contributed by atoms with E-state index in [9.17, 15) is 0 Å². The van der Waals surface area contributed by atoms with Gasteiger partial charge in [0, 0.05) is 6.20 Å². The molecule has 4 nitrogen and oxygen atoms in total. The maximum Gasteiger partial charge on any atom is 0.152 e. The van der Waals surface area contributed by atoms with E-state index in [0.717, 1.165) is 5.75 Å². The molecule has 0 radical (unpaired) electrons. The van der Waals surface area contributed by atoms with Crippen LogP contribution in [0.25, 0.3) is 0 Å². The van der Waals surface area contributed by atoms with Gasteiger partial charge in [-0.1, -0.05) is 18.5 Å². The summed E-state index contributed by atoms with van der Waals surface area (Å²) in [6.45, 7) is 1.99. The second-order valence-electron chi connectivity index (χ2n) is 2.43. The topological polar surface area (TPSA) is 69.0 Å². The lowest BCUT2D eigenvalue weighted by molar-refractivity contribution is 0.234. The Balaban J connectivity index is 3.08. The normalized spacial score (nSPS) is 9.93. The minimum atomic E-state index is -0.101. The van der Waals surface area contributed by atoms with Gasteiger partial charge in [-0.25, -0.2) is 4.98 Å². The monoisotopic (exact) mass is 231 g/mol. The van der Waals surface area contributed by atoms with Crippen LogP contribution in [-0.4, -0.2) is 21.8 Å². The third kappa shape index (κ3) is 2.60. The van der Waals surface area contributed by atoms with E-state index < -0.39 is 0 Å². The molecule has 0 unspecified atom stereocenters. The minimum absolute atomic E-state index is 0.101. The maximum atomic E-state index is 8.62. The Morgan fingerprint density at radius 2 is 2.50 bits per heavy atom. The van der Waals surface area contributed by atoms with Gasteiger partial charge in [0.25, 0.3) is 0 Å². The van der Waals surface area contributed by atoms with E-state index in [4.69, 9.17) is 22.2 Å². The fourth-order valence-electron chi connectivity index (χ4n) is 0.918. The molecular formula is C8H10ClN3OS. The zero-order valence-corrected chi connectivity index (χ0v) is 9.11. The smallest absolute Gasteiger partial charge is 0.152 e. The van der Waals surface area contributed by atoms with E-state index in [2.05, 4.69) is 4.98 Å². The Morgan fingerprint density at radius 1 is 1.79 bits per heavy atom. The molecule has 0 aliphatic heterocycles. The molecule has 1 aromatic rings. The summed E-state index contributed by atoms with van der Waals surface area (Å²) in [6.07, 6.45) is 1.52. The minimum Gasteiger partial charge on any atom is -0.290 e. The van der Waals surface area contributed by atoms with E-state index in [1.54, 1.807) is 11.5 Å². The largest absolute Gasteiger partial charge is 0.290 e. The first-order valence-corrected chi connectivity index (χ1v) is 5.32. The first-order valence-electron chi connectivity index (χ1n) is 3.96. The summed E-state index contributed by atoms with van der Waals surface area (Å²) in [7, 11) is 0. The van der Waals surface area contributed by atoms with Gasteiger partial charge in [0.15, 0.2) is 5.84 Å².